The standard InChI is InChI=1S/C19H22ClN5O.CH2O2/c1-3-17-21-9-11-24(17)10-8-18(26)23-19-14(2)12-22-25(19)13-15-6-4-5-7-16(15)20;2-1-3/h4-7,9,11-12H,3,8,10,13H2,1-2H3,(H,23,26);1H,(H,2,3). The van der Waals surface area contributed by atoms with Gasteiger partial charge in [-0.3, -0.25) is 9.59 Å². The van der Waals surface area contributed by atoms with Crippen molar-refractivity contribution >= 4 is 29.8 Å². The topological polar surface area (TPSA) is 102 Å². The van der Waals surface area contributed by atoms with Crippen LogP contribution < -0.4 is 5.32 Å². The van der Waals surface area contributed by atoms with Gasteiger partial charge in [-0.25, -0.2) is 9.67 Å². The Labute approximate surface area is 174 Å². The lowest BCUT2D eigenvalue weighted by atomic mass is 10.2. The molecule has 3 aromatic rings. The summed E-state index contributed by atoms with van der Waals surface area (Å²) in [5, 5.41) is 14.9. The first-order valence-electron chi connectivity index (χ1n) is 9.13. The zero-order valence-corrected chi connectivity index (χ0v) is 17.1. The van der Waals surface area contributed by atoms with Gasteiger partial charge in [-0.05, 0) is 18.6 Å². The number of hydrogen-bond acceptors (Lipinski definition) is 4. The average Bonchev–Trinajstić information content (AvgIpc) is 3.30. The van der Waals surface area contributed by atoms with Crippen LogP contribution in [0.15, 0.2) is 42.9 Å². The highest BCUT2D eigenvalue weighted by atomic mass is 35.5. The zero-order chi connectivity index (χ0) is 21.2. The molecule has 0 aliphatic rings. The van der Waals surface area contributed by atoms with Crippen LogP contribution in [0.1, 0.15) is 30.3 Å². The molecule has 9 heteroatoms. The molecule has 154 valence electrons. The van der Waals surface area contributed by atoms with Crippen molar-refractivity contribution in [1.82, 2.24) is 19.3 Å². The van der Waals surface area contributed by atoms with Crippen LogP contribution in [0.3, 0.4) is 0 Å². The van der Waals surface area contributed by atoms with Crippen molar-refractivity contribution in [3.05, 3.63) is 64.8 Å². The maximum Gasteiger partial charge on any atom is 0.290 e. The minimum atomic E-state index is -0.250. The molecule has 1 aromatic carbocycles. The van der Waals surface area contributed by atoms with E-state index in [1.54, 1.807) is 17.1 Å². The minimum absolute atomic E-state index is 0.0511. The SMILES string of the molecule is CCc1nccn1CCC(=O)Nc1c(C)cnn1Cc1ccccc1Cl.O=CO. The van der Waals surface area contributed by atoms with Gasteiger partial charge in [-0.15, -0.1) is 0 Å². The Kier molecular flexibility index (Phi) is 8.42. The van der Waals surface area contributed by atoms with Crippen LogP contribution in [0, 0.1) is 6.92 Å². The summed E-state index contributed by atoms with van der Waals surface area (Å²) in [4.78, 5) is 25.1. The number of nitrogens with one attached hydrogen (secondary N) is 1. The van der Waals surface area contributed by atoms with E-state index in [1.165, 1.54) is 0 Å². The van der Waals surface area contributed by atoms with Crippen LogP contribution in [-0.2, 0) is 29.1 Å². The molecule has 0 radical (unpaired) electrons. The van der Waals surface area contributed by atoms with Crippen LogP contribution in [0.2, 0.25) is 5.02 Å². The first-order valence-corrected chi connectivity index (χ1v) is 9.51. The van der Waals surface area contributed by atoms with Crippen LogP contribution in [0.25, 0.3) is 0 Å². The summed E-state index contributed by atoms with van der Waals surface area (Å²) in [6, 6.07) is 7.63. The quantitative estimate of drug-likeness (QED) is 0.574. The van der Waals surface area contributed by atoms with E-state index in [1.807, 2.05) is 42.0 Å². The predicted octanol–water partition coefficient (Wildman–Crippen LogP) is 3.38. The van der Waals surface area contributed by atoms with Crippen LogP contribution in [0.4, 0.5) is 5.82 Å². The third-order valence-electron chi connectivity index (χ3n) is 4.26. The minimum Gasteiger partial charge on any atom is -0.483 e. The molecule has 1 amide bonds. The Hall–Kier alpha value is -3.13. The highest BCUT2D eigenvalue weighted by molar-refractivity contribution is 6.31. The third-order valence-corrected chi connectivity index (χ3v) is 4.62. The van der Waals surface area contributed by atoms with Crippen molar-refractivity contribution in [2.45, 2.75) is 39.8 Å². The second kappa shape index (κ2) is 11.0. The third kappa shape index (κ3) is 6.18. The molecule has 0 bridgehead atoms. The van der Waals surface area contributed by atoms with E-state index < -0.39 is 0 Å². The normalized spacial score (nSPS) is 10.2. The van der Waals surface area contributed by atoms with Crippen molar-refractivity contribution in [1.29, 1.82) is 0 Å². The number of aromatic nitrogens is 4. The molecule has 0 saturated heterocycles. The molecule has 3 rings (SSSR count). The van der Waals surface area contributed by atoms with Crippen molar-refractivity contribution in [2.24, 2.45) is 0 Å². The van der Waals surface area contributed by atoms with E-state index in [2.05, 4.69) is 22.3 Å². The number of carbonyl (C=O) groups is 2. The Morgan fingerprint density at radius 2 is 2.07 bits per heavy atom. The molecule has 0 unspecified atom stereocenters. The van der Waals surface area contributed by atoms with Gasteiger partial charge < -0.3 is 15.0 Å². The van der Waals surface area contributed by atoms with E-state index in [-0.39, 0.29) is 12.4 Å². The molecular weight excluding hydrogens is 394 g/mol. The van der Waals surface area contributed by atoms with Crippen LogP contribution in [-0.4, -0.2) is 36.8 Å². The lowest BCUT2D eigenvalue weighted by Crippen LogP contribution is -2.18. The molecule has 0 aliphatic heterocycles. The molecular formula is C20H24ClN5O3. The van der Waals surface area contributed by atoms with E-state index in [4.69, 9.17) is 21.5 Å². The fourth-order valence-corrected chi connectivity index (χ4v) is 3.02. The summed E-state index contributed by atoms with van der Waals surface area (Å²) in [6.45, 7) is 4.84. The van der Waals surface area contributed by atoms with E-state index in [0.717, 1.165) is 23.4 Å². The number of rotatable bonds is 7. The molecule has 2 aromatic heterocycles. The maximum atomic E-state index is 12.4. The average molecular weight is 418 g/mol. The number of carbonyl (C=O) groups excluding carboxylic acids is 1. The maximum absolute atomic E-state index is 12.4. The summed E-state index contributed by atoms with van der Waals surface area (Å²) in [6.07, 6.45) is 6.63. The van der Waals surface area contributed by atoms with Gasteiger partial charge in [-0.1, -0.05) is 36.7 Å². The van der Waals surface area contributed by atoms with Crippen LogP contribution >= 0.6 is 11.6 Å². The van der Waals surface area contributed by atoms with Crippen LogP contribution in [0.5, 0.6) is 0 Å². The van der Waals surface area contributed by atoms with Gasteiger partial charge in [0.05, 0.1) is 12.7 Å². The van der Waals surface area contributed by atoms with Gasteiger partial charge in [0.2, 0.25) is 5.91 Å². The number of benzene rings is 1. The summed E-state index contributed by atoms with van der Waals surface area (Å²) < 4.78 is 3.77. The molecule has 29 heavy (non-hydrogen) atoms. The highest BCUT2D eigenvalue weighted by Crippen LogP contribution is 2.20. The van der Waals surface area contributed by atoms with Gasteiger partial charge in [0.15, 0.2) is 0 Å². The summed E-state index contributed by atoms with van der Waals surface area (Å²) in [5.41, 5.74) is 1.88. The van der Waals surface area contributed by atoms with Gasteiger partial charge in [0.1, 0.15) is 11.6 Å². The zero-order valence-electron chi connectivity index (χ0n) is 16.4. The molecule has 0 fully saturated rings. The fourth-order valence-electron chi connectivity index (χ4n) is 2.82. The van der Waals surface area contributed by atoms with E-state index in [9.17, 15) is 4.79 Å². The second-order valence-electron chi connectivity index (χ2n) is 6.22. The Morgan fingerprint density at radius 1 is 1.34 bits per heavy atom. The second-order valence-corrected chi connectivity index (χ2v) is 6.63. The van der Waals surface area contributed by atoms with Crippen molar-refractivity contribution < 1.29 is 14.7 Å². The molecule has 8 nitrogen and oxygen atoms in total. The number of hydrogen-bond donors (Lipinski definition) is 2. The first kappa shape index (κ1) is 22.2. The number of anilines is 1. The lowest BCUT2D eigenvalue weighted by Gasteiger charge is -2.12. The number of imidazole rings is 1. The lowest BCUT2D eigenvalue weighted by molar-refractivity contribution is -0.123. The largest absolute Gasteiger partial charge is 0.483 e. The molecule has 0 spiro atoms. The number of nitrogens with zero attached hydrogens (tertiary/aromatic N) is 4. The number of aryl methyl sites for hydroxylation is 3. The van der Waals surface area contributed by atoms with Crippen molar-refractivity contribution in [2.75, 3.05) is 5.32 Å². The molecule has 0 saturated carbocycles. The molecule has 2 heterocycles. The Balaban J connectivity index is 0.000000941. The van der Waals surface area contributed by atoms with Gasteiger partial charge in [-0.2, -0.15) is 5.10 Å². The Morgan fingerprint density at radius 3 is 2.76 bits per heavy atom. The number of halogens is 1. The molecule has 2 N–H and O–H groups in total. The van der Waals surface area contributed by atoms with Gasteiger partial charge in [0.25, 0.3) is 6.47 Å². The molecule has 0 aliphatic carbocycles. The first-order chi connectivity index (χ1) is 14.0. The van der Waals surface area contributed by atoms with Gasteiger partial charge >= 0.3 is 0 Å². The van der Waals surface area contributed by atoms with E-state index in [0.29, 0.717) is 30.4 Å². The van der Waals surface area contributed by atoms with E-state index >= 15 is 0 Å². The summed E-state index contributed by atoms with van der Waals surface area (Å²) in [5.74, 6) is 1.64. The highest BCUT2D eigenvalue weighted by Gasteiger charge is 2.13. The summed E-state index contributed by atoms with van der Waals surface area (Å²) in [7, 11) is 0. The summed E-state index contributed by atoms with van der Waals surface area (Å²) >= 11 is 6.24. The van der Waals surface area contributed by atoms with Crippen molar-refractivity contribution in [3.63, 3.8) is 0 Å². The predicted molar refractivity (Wildman–Crippen MR) is 111 cm³/mol. The monoisotopic (exact) mass is 417 g/mol. The van der Waals surface area contributed by atoms with Gasteiger partial charge in [0, 0.05) is 42.4 Å². The fraction of sp³-hybridized carbons (Fsp3) is 0.300. The number of amides is 1. The smallest absolute Gasteiger partial charge is 0.290 e. The van der Waals surface area contributed by atoms with Crippen molar-refractivity contribution in [3.8, 4) is 0 Å². The molecule has 0 atom stereocenters. The number of carboxylic acid groups (broad SMARTS) is 1. The Bertz CT molecular complexity index is 951.